The van der Waals surface area contributed by atoms with E-state index in [1.165, 1.54) is 12.1 Å². The molecule has 1 amide bonds. The second-order valence-electron chi connectivity index (χ2n) is 3.72. The van der Waals surface area contributed by atoms with Gasteiger partial charge in [0.15, 0.2) is 0 Å². The lowest BCUT2D eigenvalue weighted by Crippen LogP contribution is -2.22. The molecule has 0 radical (unpaired) electrons. The normalized spacial score (nSPS) is 19.7. The molecule has 1 aliphatic rings. The number of ether oxygens (including phenoxy) is 1. The first-order valence-electron chi connectivity index (χ1n) is 5.04. The second kappa shape index (κ2) is 4.72. The largest absolute Gasteiger partial charge is 0.506 e. The van der Waals surface area contributed by atoms with Gasteiger partial charge in [-0.05, 0) is 24.6 Å². The van der Waals surface area contributed by atoms with Crippen molar-refractivity contribution in [3.8, 4) is 5.75 Å². The molecule has 1 aromatic rings. The van der Waals surface area contributed by atoms with Gasteiger partial charge in [0.25, 0.3) is 0 Å². The molecule has 0 aliphatic carbocycles. The maximum Gasteiger partial charge on any atom is 0.229 e. The number of amides is 1. The molecule has 0 saturated carbocycles. The first-order chi connectivity index (χ1) is 7.66. The van der Waals surface area contributed by atoms with E-state index >= 15 is 0 Å². The highest BCUT2D eigenvalue weighted by atomic mass is 35.5. The summed E-state index contributed by atoms with van der Waals surface area (Å²) in [6, 6.07) is 4.57. The van der Waals surface area contributed by atoms with Crippen LogP contribution in [0.2, 0.25) is 5.02 Å². The van der Waals surface area contributed by atoms with Crippen LogP contribution in [0.5, 0.6) is 5.75 Å². The van der Waals surface area contributed by atoms with Crippen molar-refractivity contribution in [3.63, 3.8) is 0 Å². The molecule has 1 aliphatic heterocycles. The van der Waals surface area contributed by atoms with Gasteiger partial charge in [0.2, 0.25) is 5.91 Å². The van der Waals surface area contributed by atoms with Crippen LogP contribution in [0.1, 0.15) is 6.42 Å². The van der Waals surface area contributed by atoms with Crippen LogP contribution in [-0.4, -0.2) is 24.2 Å². The van der Waals surface area contributed by atoms with E-state index in [0.29, 0.717) is 18.9 Å². The van der Waals surface area contributed by atoms with E-state index in [4.69, 9.17) is 16.3 Å². The number of carbonyl (C=O) groups excluding carboxylic acids is 1. The highest BCUT2D eigenvalue weighted by molar-refractivity contribution is 6.32. The number of rotatable bonds is 2. The number of phenolic OH excluding ortho intramolecular Hbond substituents is 1. The van der Waals surface area contributed by atoms with Crippen LogP contribution in [0.4, 0.5) is 5.69 Å². The summed E-state index contributed by atoms with van der Waals surface area (Å²) in [5, 5.41) is 12.2. The van der Waals surface area contributed by atoms with Crippen molar-refractivity contribution in [2.75, 3.05) is 18.5 Å². The summed E-state index contributed by atoms with van der Waals surface area (Å²) in [4.78, 5) is 11.7. The first-order valence-corrected chi connectivity index (χ1v) is 5.42. The molecule has 1 fully saturated rings. The third-order valence-electron chi connectivity index (χ3n) is 2.52. The predicted molar refractivity (Wildman–Crippen MR) is 60.7 cm³/mol. The molecule has 4 nitrogen and oxygen atoms in total. The number of hydrogen-bond acceptors (Lipinski definition) is 3. The summed E-state index contributed by atoms with van der Waals surface area (Å²) < 4.78 is 5.13. The zero-order chi connectivity index (χ0) is 11.5. The third kappa shape index (κ3) is 2.46. The minimum Gasteiger partial charge on any atom is -0.506 e. The van der Waals surface area contributed by atoms with Crippen LogP contribution in [0.15, 0.2) is 18.2 Å². The number of carbonyl (C=O) groups is 1. The van der Waals surface area contributed by atoms with Gasteiger partial charge >= 0.3 is 0 Å². The van der Waals surface area contributed by atoms with Gasteiger partial charge in [-0.15, -0.1) is 0 Å². The van der Waals surface area contributed by atoms with Gasteiger partial charge in [-0.25, -0.2) is 0 Å². The third-order valence-corrected chi connectivity index (χ3v) is 2.82. The van der Waals surface area contributed by atoms with E-state index in [1.807, 2.05) is 0 Å². The van der Waals surface area contributed by atoms with E-state index in [0.717, 1.165) is 6.42 Å². The Morgan fingerprint density at radius 1 is 1.56 bits per heavy atom. The molecule has 0 aromatic heterocycles. The van der Waals surface area contributed by atoms with Crippen LogP contribution in [-0.2, 0) is 9.53 Å². The van der Waals surface area contributed by atoms with Crippen LogP contribution < -0.4 is 5.32 Å². The summed E-state index contributed by atoms with van der Waals surface area (Å²) in [7, 11) is 0. The Hall–Kier alpha value is -1.26. The smallest absolute Gasteiger partial charge is 0.229 e. The fourth-order valence-electron chi connectivity index (χ4n) is 1.57. The fraction of sp³-hybridized carbons (Fsp3) is 0.364. The van der Waals surface area contributed by atoms with E-state index in [2.05, 4.69) is 5.32 Å². The van der Waals surface area contributed by atoms with Crippen LogP contribution >= 0.6 is 11.6 Å². The molecular weight excluding hydrogens is 230 g/mol. The Bertz CT molecular complexity index is 402. The second-order valence-corrected chi connectivity index (χ2v) is 4.12. The molecule has 0 spiro atoms. The van der Waals surface area contributed by atoms with Crippen molar-refractivity contribution < 1.29 is 14.6 Å². The SMILES string of the molecule is O=C(Nc1ccc(O)c(Cl)c1)C1CCOC1. The number of halogens is 1. The van der Waals surface area contributed by atoms with Crippen LogP contribution in [0, 0.1) is 5.92 Å². The minimum atomic E-state index is -0.0902. The molecule has 1 saturated heterocycles. The van der Waals surface area contributed by atoms with Gasteiger partial charge in [0, 0.05) is 12.3 Å². The molecule has 86 valence electrons. The number of anilines is 1. The Morgan fingerprint density at radius 3 is 3.00 bits per heavy atom. The van der Waals surface area contributed by atoms with Crippen molar-refractivity contribution in [2.45, 2.75) is 6.42 Å². The Kier molecular flexibility index (Phi) is 3.31. The van der Waals surface area contributed by atoms with Crippen LogP contribution in [0.25, 0.3) is 0 Å². The maximum absolute atomic E-state index is 11.7. The fourth-order valence-corrected chi connectivity index (χ4v) is 1.75. The Morgan fingerprint density at radius 2 is 2.38 bits per heavy atom. The van der Waals surface area contributed by atoms with E-state index in [9.17, 15) is 9.90 Å². The van der Waals surface area contributed by atoms with Gasteiger partial charge in [-0.3, -0.25) is 4.79 Å². The Labute approximate surface area is 98.2 Å². The lowest BCUT2D eigenvalue weighted by molar-refractivity contribution is -0.119. The summed E-state index contributed by atoms with van der Waals surface area (Å²) >= 11 is 5.73. The van der Waals surface area contributed by atoms with Gasteiger partial charge in [0.05, 0.1) is 17.5 Å². The highest BCUT2D eigenvalue weighted by Gasteiger charge is 2.23. The molecule has 16 heavy (non-hydrogen) atoms. The predicted octanol–water partition coefficient (Wildman–Crippen LogP) is 2.02. The molecular formula is C11H12ClNO3. The Balaban J connectivity index is 2.02. The number of aromatic hydroxyl groups is 1. The zero-order valence-corrected chi connectivity index (χ0v) is 9.33. The lowest BCUT2D eigenvalue weighted by atomic mass is 10.1. The van der Waals surface area contributed by atoms with E-state index < -0.39 is 0 Å². The lowest BCUT2D eigenvalue weighted by Gasteiger charge is -2.09. The summed E-state index contributed by atoms with van der Waals surface area (Å²) in [6.45, 7) is 1.10. The molecule has 1 aromatic carbocycles. The van der Waals surface area contributed by atoms with Gasteiger partial charge in [-0.1, -0.05) is 11.6 Å². The molecule has 0 bridgehead atoms. The number of benzene rings is 1. The monoisotopic (exact) mass is 241 g/mol. The van der Waals surface area contributed by atoms with Crippen molar-refractivity contribution in [3.05, 3.63) is 23.2 Å². The molecule has 1 heterocycles. The van der Waals surface area contributed by atoms with Gasteiger partial charge in [0.1, 0.15) is 5.75 Å². The quantitative estimate of drug-likeness (QED) is 0.779. The number of phenols is 1. The summed E-state index contributed by atoms with van der Waals surface area (Å²) in [5.74, 6) is -0.157. The van der Waals surface area contributed by atoms with Crippen molar-refractivity contribution in [2.24, 2.45) is 5.92 Å². The first kappa shape index (κ1) is 11.2. The van der Waals surface area contributed by atoms with Crippen LogP contribution in [0.3, 0.4) is 0 Å². The van der Waals surface area contributed by atoms with Gasteiger partial charge in [-0.2, -0.15) is 0 Å². The van der Waals surface area contributed by atoms with Crippen molar-refractivity contribution in [1.29, 1.82) is 0 Å². The summed E-state index contributed by atoms with van der Waals surface area (Å²) in [6.07, 6.45) is 0.748. The average Bonchev–Trinajstić information content (AvgIpc) is 2.77. The standard InChI is InChI=1S/C11H12ClNO3/c12-9-5-8(1-2-10(9)14)13-11(15)7-3-4-16-6-7/h1-2,5,7,14H,3-4,6H2,(H,13,15). The van der Waals surface area contributed by atoms with Gasteiger partial charge < -0.3 is 15.2 Å². The van der Waals surface area contributed by atoms with E-state index in [-0.39, 0.29) is 22.6 Å². The van der Waals surface area contributed by atoms with E-state index in [1.54, 1.807) is 6.07 Å². The van der Waals surface area contributed by atoms with Crippen molar-refractivity contribution >= 4 is 23.2 Å². The highest BCUT2D eigenvalue weighted by Crippen LogP contribution is 2.26. The topological polar surface area (TPSA) is 58.6 Å². The molecule has 5 heteroatoms. The maximum atomic E-state index is 11.7. The average molecular weight is 242 g/mol. The number of hydrogen-bond donors (Lipinski definition) is 2. The minimum absolute atomic E-state index is 0.00358. The summed E-state index contributed by atoms with van der Waals surface area (Å²) in [5.41, 5.74) is 0.583. The molecule has 1 unspecified atom stereocenters. The molecule has 2 N–H and O–H groups in total. The molecule has 2 rings (SSSR count). The van der Waals surface area contributed by atoms with Crippen molar-refractivity contribution in [1.82, 2.24) is 0 Å². The number of nitrogens with one attached hydrogen (secondary N) is 1. The zero-order valence-electron chi connectivity index (χ0n) is 8.57. The molecule has 1 atom stereocenters.